The Labute approximate surface area is 170 Å². The molecule has 2 aromatic heterocycles. The number of fused-ring (bicyclic) bond motifs is 1. The van der Waals surface area contributed by atoms with E-state index in [-0.39, 0.29) is 23.4 Å². The number of benzene rings is 2. The molecule has 4 aromatic rings. The molecule has 0 saturated heterocycles. The van der Waals surface area contributed by atoms with Crippen LogP contribution in [0.15, 0.2) is 52.8 Å². The number of aromatic hydroxyl groups is 1. The molecule has 0 spiro atoms. The molecule has 0 amide bonds. The Kier molecular flexibility index (Phi) is 4.68. The van der Waals surface area contributed by atoms with Gasteiger partial charge in [-0.25, -0.2) is 4.98 Å². The van der Waals surface area contributed by atoms with Gasteiger partial charge in [0.05, 0.1) is 17.6 Å². The molecule has 0 aliphatic rings. The van der Waals surface area contributed by atoms with Crippen LogP contribution in [0.1, 0.15) is 5.56 Å². The summed E-state index contributed by atoms with van der Waals surface area (Å²) in [6.07, 6.45) is 5.45. The third-order valence-electron chi connectivity index (χ3n) is 4.65. The quantitative estimate of drug-likeness (QED) is 0.482. The summed E-state index contributed by atoms with van der Waals surface area (Å²) in [5, 5.41) is 11.5. The van der Waals surface area contributed by atoms with Crippen LogP contribution >= 0.6 is 22.9 Å². The predicted octanol–water partition coefficient (Wildman–Crippen LogP) is 5.09. The van der Waals surface area contributed by atoms with E-state index in [1.807, 2.05) is 49.4 Å². The van der Waals surface area contributed by atoms with Crippen LogP contribution < -0.4 is 5.56 Å². The van der Waals surface area contributed by atoms with Gasteiger partial charge in [-0.05, 0) is 47.4 Å². The van der Waals surface area contributed by atoms with Gasteiger partial charge in [0.25, 0.3) is 5.56 Å². The van der Waals surface area contributed by atoms with Crippen molar-refractivity contribution in [2.24, 2.45) is 0 Å². The second-order valence-corrected chi connectivity index (χ2v) is 7.65. The lowest BCUT2D eigenvalue weighted by atomic mass is 9.95. The molecule has 138 valence electrons. The van der Waals surface area contributed by atoms with E-state index in [1.54, 1.807) is 5.51 Å². The molecule has 6 heteroatoms. The summed E-state index contributed by atoms with van der Waals surface area (Å²) in [5.41, 5.74) is 5.30. The van der Waals surface area contributed by atoms with Crippen molar-refractivity contribution < 1.29 is 5.11 Å². The topological polar surface area (TPSA) is 55.1 Å². The number of pyridine rings is 1. The second kappa shape index (κ2) is 7.16. The fourth-order valence-electron chi connectivity index (χ4n) is 3.23. The van der Waals surface area contributed by atoms with Gasteiger partial charge in [0.1, 0.15) is 10.4 Å². The molecule has 2 aromatic carbocycles. The lowest BCUT2D eigenvalue weighted by Gasteiger charge is -2.13. The summed E-state index contributed by atoms with van der Waals surface area (Å²) in [4.78, 5) is 17.4. The summed E-state index contributed by atoms with van der Waals surface area (Å²) >= 11 is 7.26. The lowest BCUT2D eigenvalue weighted by Crippen LogP contribution is -2.22. The van der Waals surface area contributed by atoms with E-state index in [0.29, 0.717) is 20.9 Å². The van der Waals surface area contributed by atoms with Crippen molar-refractivity contribution in [3.05, 3.63) is 68.9 Å². The fourth-order valence-corrected chi connectivity index (χ4v) is 4.10. The average Bonchev–Trinajstić information content (AvgIpc) is 3.17. The Morgan fingerprint density at radius 3 is 2.64 bits per heavy atom. The van der Waals surface area contributed by atoms with Gasteiger partial charge in [-0.2, -0.15) is 0 Å². The Bertz CT molecular complexity index is 1300. The molecular formula is C22H15ClN2O2S. The number of hydrogen-bond donors (Lipinski definition) is 1. The van der Waals surface area contributed by atoms with Gasteiger partial charge >= 0.3 is 0 Å². The highest BCUT2D eigenvalue weighted by atomic mass is 35.5. The normalized spacial score (nSPS) is 10.9. The fraction of sp³-hybridized carbons (Fsp3) is 0.0909. The van der Waals surface area contributed by atoms with E-state index in [2.05, 4.69) is 10.9 Å². The van der Waals surface area contributed by atoms with E-state index in [4.69, 9.17) is 18.0 Å². The Morgan fingerprint density at radius 1 is 1.21 bits per heavy atom. The molecule has 0 saturated carbocycles. The first kappa shape index (κ1) is 18.3. The number of aryl methyl sites for hydroxylation is 1. The van der Waals surface area contributed by atoms with E-state index >= 15 is 0 Å². The van der Waals surface area contributed by atoms with Crippen LogP contribution in [0.5, 0.6) is 5.75 Å². The van der Waals surface area contributed by atoms with Crippen LogP contribution in [0.2, 0.25) is 5.02 Å². The van der Waals surface area contributed by atoms with Crippen molar-refractivity contribution in [2.75, 3.05) is 0 Å². The highest BCUT2D eigenvalue weighted by molar-refractivity contribution is 7.17. The van der Waals surface area contributed by atoms with Gasteiger partial charge in [-0.3, -0.25) is 9.36 Å². The first-order valence-electron chi connectivity index (χ1n) is 8.50. The van der Waals surface area contributed by atoms with Gasteiger partial charge in [0.2, 0.25) is 0 Å². The molecule has 1 N–H and O–H groups in total. The van der Waals surface area contributed by atoms with Crippen LogP contribution in [-0.2, 0) is 6.54 Å². The van der Waals surface area contributed by atoms with Gasteiger partial charge in [0.15, 0.2) is 5.65 Å². The molecule has 2 heterocycles. The number of rotatable bonds is 3. The summed E-state index contributed by atoms with van der Waals surface area (Å²) < 4.78 is 1.97. The number of terminal acetylenes is 1. The average molecular weight is 407 g/mol. The van der Waals surface area contributed by atoms with Gasteiger partial charge < -0.3 is 5.11 Å². The van der Waals surface area contributed by atoms with Crippen molar-refractivity contribution in [3.8, 4) is 40.3 Å². The smallest absolute Gasteiger partial charge is 0.264 e. The summed E-state index contributed by atoms with van der Waals surface area (Å²) in [5.74, 6) is 2.43. The molecule has 28 heavy (non-hydrogen) atoms. The number of hydrogen-bond acceptors (Lipinski definition) is 4. The van der Waals surface area contributed by atoms with Crippen LogP contribution in [0, 0.1) is 19.3 Å². The number of nitrogens with zero attached hydrogens (tertiary/aromatic N) is 2. The van der Waals surface area contributed by atoms with Gasteiger partial charge in [-0.1, -0.05) is 41.8 Å². The molecule has 0 aliphatic heterocycles. The first-order chi connectivity index (χ1) is 13.5. The Hall–Kier alpha value is -3.07. The summed E-state index contributed by atoms with van der Waals surface area (Å²) in [7, 11) is 0. The van der Waals surface area contributed by atoms with Crippen LogP contribution in [0.4, 0.5) is 0 Å². The molecule has 4 rings (SSSR count). The third-order valence-corrected chi connectivity index (χ3v) is 5.72. The maximum absolute atomic E-state index is 13.2. The van der Waals surface area contributed by atoms with Crippen molar-refractivity contribution in [3.63, 3.8) is 0 Å². The zero-order chi connectivity index (χ0) is 19.8. The molecule has 0 aliphatic carbocycles. The van der Waals surface area contributed by atoms with Crippen LogP contribution in [0.25, 0.3) is 32.6 Å². The highest BCUT2D eigenvalue weighted by Gasteiger charge is 2.21. The SMILES string of the molecule is C#CCn1c(=O)c(-c2cc(-c3ccc(Cl)cc3)ccc2C)c(O)c2scnc21. The number of aromatic nitrogens is 2. The minimum atomic E-state index is -0.356. The third kappa shape index (κ3) is 2.97. The number of halogens is 1. The van der Waals surface area contributed by atoms with Gasteiger partial charge in [0, 0.05) is 5.02 Å². The molecule has 0 unspecified atom stereocenters. The summed E-state index contributed by atoms with van der Waals surface area (Å²) in [6.45, 7) is 1.99. The van der Waals surface area contributed by atoms with Crippen molar-refractivity contribution in [2.45, 2.75) is 13.5 Å². The van der Waals surface area contributed by atoms with Crippen molar-refractivity contribution in [1.29, 1.82) is 0 Å². The monoisotopic (exact) mass is 406 g/mol. The van der Waals surface area contributed by atoms with E-state index in [9.17, 15) is 9.90 Å². The van der Waals surface area contributed by atoms with Crippen LogP contribution in [-0.4, -0.2) is 14.7 Å². The Morgan fingerprint density at radius 2 is 1.93 bits per heavy atom. The lowest BCUT2D eigenvalue weighted by molar-refractivity contribution is 0.482. The maximum Gasteiger partial charge on any atom is 0.264 e. The minimum Gasteiger partial charge on any atom is -0.505 e. The van der Waals surface area contributed by atoms with Crippen molar-refractivity contribution >= 4 is 33.3 Å². The van der Waals surface area contributed by atoms with Gasteiger partial charge in [-0.15, -0.1) is 17.8 Å². The predicted molar refractivity (Wildman–Crippen MR) is 115 cm³/mol. The molecule has 0 atom stereocenters. The minimum absolute atomic E-state index is 0.0628. The highest BCUT2D eigenvalue weighted by Crippen LogP contribution is 2.38. The molecule has 0 bridgehead atoms. The standard InChI is InChI=1S/C22H15ClN2O2S/c1-3-10-25-21-20(28-12-24-21)19(26)18(22(25)27)17-11-15(5-4-13(17)2)14-6-8-16(23)9-7-14/h1,4-9,11-12,26H,10H2,2H3. The van der Waals surface area contributed by atoms with Crippen LogP contribution in [0.3, 0.4) is 0 Å². The zero-order valence-electron chi connectivity index (χ0n) is 14.9. The Balaban J connectivity index is 2.00. The van der Waals surface area contributed by atoms with E-state index in [1.165, 1.54) is 15.9 Å². The first-order valence-corrected chi connectivity index (χ1v) is 9.76. The zero-order valence-corrected chi connectivity index (χ0v) is 16.5. The molecular weight excluding hydrogens is 392 g/mol. The molecule has 0 radical (unpaired) electrons. The largest absolute Gasteiger partial charge is 0.505 e. The van der Waals surface area contributed by atoms with E-state index < -0.39 is 0 Å². The maximum atomic E-state index is 13.2. The molecule has 0 fully saturated rings. The second-order valence-electron chi connectivity index (χ2n) is 6.36. The number of thiazole rings is 1. The molecule has 4 nitrogen and oxygen atoms in total. The summed E-state index contributed by atoms with van der Waals surface area (Å²) in [6, 6.07) is 13.3. The van der Waals surface area contributed by atoms with E-state index in [0.717, 1.165) is 16.7 Å². The van der Waals surface area contributed by atoms with Crippen molar-refractivity contribution in [1.82, 2.24) is 9.55 Å².